The van der Waals surface area contributed by atoms with E-state index in [1.165, 1.54) is 17.7 Å². The maximum Gasteiger partial charge on any atom is 0.407 e. The van der Waals surface area contributed by atoms with Crippen LogP contribution < -0.4 is 5.32 Å². The molecule has 0 aliphatic carbocycles. The van der Waals surface area contributed by atoms with Gasteiger partial charge in [0.05, 0.1) is 19.3 Å². The van der Waals surface area contributed by atoms with Gasteiger partial charge in [0.1, 0.15) is 17.2 Å². The number of halogens is 3. The van der Waals surface area contributed by atoms with Gasteiger partial charge in [0.15, 0.2) is 5.78 Å². The topological polar surface area (TPSA) is 51.5 Å². The Labute approximate surface area is 216 Å². The van der Waals surface area contributed by atoms with Gasteiger partial charge in [0, 0.05) is 16.2 Å². The summed E-state index contributed by atoms with van der Waals surface area (Å²) in [6, 6.07) is 7.60. The molecule has 1 aliphatic rings. The number of nitrogens with one attached hydrogen (secondary N) is 1. The number of carbonyl (C=O) groups excluding carboxylic acids is 1. The smallest absolute Gasteiger partial charge is 0.407 e. The minimum absolute atomic E-state index is 0.0299. The Hall–Kier alpha value is -2.64. The van der Waals surface area contributed by atoms with Crippen LogP contribution in [0.3, 0.4) is 0 Å². The summed E-state index contributed by atoms with van der Waals surface area (Å²) in [6.07, 6.45) is -0.843. The number of ether oxygens (including phenoxy) is 1. The number of hydrogen-bond acceptors (Lipinski definition) is 4. The highest BCUT2D eigenvalue weighted by atomic mass is 19.4. The van der Waals surface area contributed by atoms with E-state index in [0.29, 0.717) is 37.2 Å². The molecule has 0 radical (unpaired) electrons. The van der Waals surface area contributed by atoms with E-state index in [1.807, 2.05) is 39.0 Å². The molecule has 4 nitrogen and oxygen atoms in total. The molecule has 2 unspecified atom stereocenters. The van der Waals surface area contributed by atoms with Crippen LogP contribution in [0.2, 0.25) is 0 Å². The van der Waals surface area contributed by atoms with Crippen molar-refractivity contribution < 1.29 is 27.1 Å². The number of Topliss-reactive ketones (excluding diaryl/α,β-unsaturated/α-hetero) is 1. The van der Waals surface area contributed by atoms with Crippen molar-refractivity contribution in [2.24, 2.45) is 11.3 Å². The molecular weight excluding hydrogens is 479 g/mol. The molecule has 1 aromatic heterocycles. The molecule has 0 fully saturated rings. The first kappa shape index (κ1) is 27.4. The molecule has 4 rings (SSSR count). The number of alkyl halides is 3. The molecule has 0 spiro atoms. The van der Waals surface area contributed by atoms with Gasteiger partial charge in [-0.15, -0.1) is 0 Å². The average Bonchev–Trinajstić information content (AvgIpc) is 3.22. The van der Waals surface area contributed by atoms with Crippen molar-refractivity contribution in [1.82, 2.24) is 5.32 Å². The monoisotopic (exact) mass is 515 g/mol. The zero-order chi connectivity index (χ0) is 27.0. The highest BCUT2D eigenvalue weighted by Crippen LogP contribution is 2.38. The van der Waals surface area contributed by atoms with Crippen molar-refractivity contribution in [1.29, 1.82) is 0 Å². The first-order chi connectivity index (χ1) is 17.4. The fraction of sp³-hybridized carbons (Fsp3) is 0.500. The predicted octanol–water partition coefficient (Wildman–Crippen LogP) is 8.00. The molecular formula is C30H36F3NO3. The third-order valence-electron chi connectivity index (χ3n) is 7.43. The Morgan fingerprint density at radius 1 is 1.05 bits per heavy atom. The summed E-state index contributed by atoms with van der Waals surface area (Å²) in [6.45, 7) is 10.5. The van der Waals surface area contributed by atoms with Gasteiger partial charge in [0.25, 0.3) is 0 Å². The molecule has 0 saturated carbocycles. The number of carbonyl (C=O) groups is 1. The molecule has 0 saturated heterocycles. The Morgan fingerprint density at radius 3 is 2.43 bits per heavy atom. The maximum absolute atomic E-state index is 14.4. The largest absolute Gasteiger partial charge is 0.456 e. The molecule has 200 valence electrons. The van der Waals surface area contributed by atoms with E-state index in [2.05, 4.69) is 11.4 Å². The van der Waals surface area contributed by atoms with Gasteiger partial charge < -0.3 is 9.15 Å². The number of hydrogen-bond donors (Lipinski definition) is 1. The lowest BCUT2D eigenvalue weighted by Gasteiger charge is -2.33. The summed E-state index contributed by atoms with van der Waals surface area (Å²) in [5.74, 6) is -0.140. The van der Waals surface area contributed by atoms with Crippen LogP contribution in [0.25, 0.3) is 27.5 Å². The minimum atomic E-state index is -4.59. The van der Waals surface area contributed by atoms with Gasteiger partial charge in [-0.2, -0.15) is 13.2 Å². The van der Waals surface area contributed by atoms with Gasteiger partial charge >= 0.3 is 6.18 Å². The summed E-state index contributed by atoms with van der Waals surface area (Å²) in [5, 5.41) is 4.32. The Bertz CT molecular complexity index is 1300. The van der Waals surface area contributed by atoms with Crippen LogP contribution in [0.4, 0.5) is 13.2 Å². The van der Waals surface area contributed by atoms with E-state index in [9.17, 15) is 18.0 Å². The Kier molecular flexibility index (Phi) is 7.86. The van der Waals surface area contributed by atoms with Gasteiger partial charge in [-0.05, 0) is 60.1 Å². The molecule has 2 heterocycles. The number of furan rings is 1. The van der Waals surface area contributed by atoms with Crippen molar-refractivity contribution in [2.75, 3.05) is 13.2 Å². The van der Waals surface area contributed by atoms with E-state index >= 15 is 0 Å². The van der Waals surface area contributed by atoms with Crippen molar-refractivity contribution >= 4 is 33.3 Å². The summed E-state index contributed by atoms with van der Waals surface area (Å²) >= 11 is 0. The summed E-state index contributed by atoms with van der Waals surface area (Å²) < 4.78 is 54.5. The van der Waals surface area contributed by atoms with E-state index in [-0.39, 0.29) is 17.3 Å². The molecule has 2 atom stereocenters. The highest BCUT2D eigenvalue weighted by Gasteiger charge is 2.44. The lowest BCUT2D eigenvalue weighted by atomic mass is 9.79. The number of benzene rings is 2. The first-order valence-corrected chi connectivity index (χ1v) is 13.0. The van der Waals surface area contributed by atoms with Crippen LogP contribution in [0.15, 0.2) is 46.9 Å². The average molecular weight is 516 g/mol. The number of fused-ring (bicyclic) bond motifs is 3. The van der Waals surface area contributed by atoms with Gasteiger partial charge in [0.2, 0.25) is 0 Å². The summed E-state index contributed by atoms with van der Waals surface area (Å²) in [7, 11) is 0. The van der Waals surface area contributed by atoms with Gasteiger partial charge in [-0.3, -0.25) is 10.1 Å². The number of rotatable bonds is 9. The normalized spacial score (nSPS) is 16.8. The lowest BCUT2D eigenvalue weighted by molar-refractivity contribution is -0.162. The third-order valence-corrected chi connectivity index (χ3v) is 7.43. The SMILES string of the molecule is CCC(C)(C)C(=O)C(CC(C)C)NC(c1ccc2c(c1)oc1ccc(C3=CCOCC3)cc12)C(F)(F)F. The zero-order valence-corrected chi connectivity index (χ0v) is 22.2. The van der Waals surface area contributed by atoms with Gasteiger partial charge in [-0.1, -0.05) is 58.9 Å². The fourth-order valence-electron chi connectivity index (χ4n) is 4.91. The van der Waals surface area contributed by atoms with Crippen LogP contribution in [-0.4, -0.2) is 31.2 Å². The van der Waals surface area contributed by atoms with E-state index in [4.69, 9.17) is 9.15 Å². The lowest BCUT2D eigenvalue weighted by Crippen LogP contribution is -2.49. The Morgan fingerprint density at radius 2 is 1.81 bits per heavy atom. The summed E-state index contributed by atoms with van der Waals surface area (Å²) in [4.78, 5) is 13.3. The van der Waals surface area contributed by atoms with Crippen LogP contribution in [0.1, 0.15) is 71.0 Å². The predicted molar refractivity (Wildman–Crippen MR) is 141 cm³/mol. The molecule has 3 aromatic rings. The van der Waals surface area contributed by atoms with Crippen molar-refractivity contribution in [3.63, 3.8) is 0 Å². The second-order valence-electron chi connectivity index (χ2n) is 11.0. The molecule has 1 N–H and O–H groups in total. The molecule has 0 amide bonds. The van der Waals surface area contributed by atoms with Crippen LogP contribution >= 0.6 is 0 Å². The van der Waals surface area contributed by atoms with Gasteiger partial charge in [-0.25, -0.2) is 0 Å². The Balaban J connectivity index is 1.72. The highest BCUT2D eigenvalue weighted by molar-refractivity contribution is 6.06. The second kappa shape index (κ2) is 10.6. The van der Waals surface area contributed by atoms with Crippen LogP contribution in [-0.2, 0) is 9.53 Å². The van der Waals surface area contributed by atoms with Crippen molar-refractivity contribution in [2.45, 2.75) is 72.1 Å². The quantitative estimate of drug-likeness (QED) is 0.314. The van der Waals surface area contributed by atoms with E-state index < -0.39 is 23.7 Å². The molecule has 2 aromatic carbocycles. The standard InChI is InChI=1S/C30H36F3NO3/c1-6-29(4,5)28(35)24(15-18(2)3)34-27(30(31,32)33)21-7-9-22-23-16-20(19-11-13-36-14-12-19)8-10-25(23)37-26(22)17-21/h7-11,16-18,24,27,34H,6,12-15H2,1-5H3. The maximum atomic E-state index is 14.4. The van der Waals surface area contributed by atoms with Crippen molar-refractivity contribution in [3.8, 4) is 0 Å². The first-order valence-electron chi connectivity index (χ1n) is 13.0. The zero-order valence-electron chi connectivity index (χ0n) is 22.2. The summed E-state index contributed by atoms with van der Waals surface area (Å²) in [5.41, 5.74) is 2.58. The van der Waals surface area contributed by atoms with E-state index in [1.54, 1.807) is 19.9 Å². The number of ketones is 1. The molecule has 37 heavy (non-hydrogen) atoms. The minimum Gasteiger partial charge on any atom is -0.456 e. The van der Waals surface area contributed by atoms with Crippen LogP contribution in [0, 0.1) is 11.3 Å². The fourth-order valence-corrected chi connectivity index (χ4v) is 4.91. The van der Waals surface area contributed by atoms with E-state index in [0.717, 1.165) is 22.8 Å². The second-order valence-corrected chi connectivity index (χ2v) is 11.0. The molecule has 0 bridgehead atoms. The van der Waals surface area contributed by atoms with Crippen molar-refractivity contribution in [3.05, 3.63) is 53.6 Å². The third kappa shape index (κ3) is 5.93. The molecule has 7 heteroatoms. The van der Waals surface area contributed by atoms with Crippen LogP contribution in [0.5, 0.6) is 0 Å². The molecule has 1 aliphatic heterocycles.